The number of aromatic nitrogens is 1. The summed E-state index contributed by atoms with van der Waals surface area (Å²) in [6.45, 7) is 12.6. The molecule has 2 heteroatoms. The predicted molar refractivity (Wildman–Crippen MR) is 227 cm³/mol. The molecule has 0 saturated heterocycles. The lowest BCUT2D eigenvalue weighted by Crippen LogP contribution is -2.20. The molecule has 0 radical (unpaired) electrons. The fraction of sp³-hybridized carbons (Fsp3) is 0.0588. The lowest BCUT2D eigenvalue weighted by atomic mass is 9.81. The van der Waals surface area contributed by atoms with Crippen molar-refractivity contribution >= 4 is 44.4 Å². The largest absolute Gasteiger partial charge is 0.310 e. The maximum Gasteiger partial charge on any atom is 0.0541 e. The Labute approximate surface area is 311 Å². The minimum Gasteiger partial charge on any atom is -0.310 e. The van der Waals surface area contributed by atoms with Crippen molar-refractivity contribution in [3.05, 3.63) is 212 Å². The summed E-state index contributed by atoms with van der Waals surface area (Å²) < 4.78 is 2.37. The van der Waals surface area contributed by atoms with Gasteiger partial charge in [-0.3, -0.25) is 0 Å². The smallest absolute Gasteiger partial charge is 0.0541 e. The first-order valence-corrected chi connectivity index (χ1v) is 18.3. The molecule has 0 unspecified atom stereocenters. The molecule has 53 heavy (non-hydrogen) atoms. The summed E-state index contributed by atoms with van der Waals surface area (Å²) in [6, 6.07) is 59.6. The first kappa shape index (κ1) is 32.3. The van der Waals surface area contributed by atoms with Gasteiger partial charge in [-0.2, -0.15) is 0 Å². The third-order valence-electron chi connectivity index (χ3n) is 10.9. The number of para-hydroxylation sites is 2. The van der Waals surface area contributed by atoms with Gasteiger partial charge in [0.1, 0.15) is 0 Å². The van der Waals surface area contributed by atoms with E-state index in [4.69, 9.17) is 0 Å². The average Bonchev–Trinajstić information content (AvgIpc) is 3.67. The van der Waals surface area contributed by atoms with E-state index in [0.717, 1.165) is 28.2 Å². The molecule has 1 aromatic heterocycles. The zero-order valence-electron chi connectivity index (χ0n) is 30.1. The van der Waals surface area contributed by atoms with Gasteiger partial charge in [0, 0.05) is 33.2 Å². The first-order chi connectivity index (χ1) is 26.0. The van der Waals surface area contributed by atoms with Crippen LogP contribution in [0.2, 0.25) is 0 Å². The fourth-order valence-corrected chi connectivity index (χ4v) is 8.45. The Morgan fingerprint density at radius 3 is 1.74 bits per heavy atom. The predicted octanol–water partition coefficient (Wildman–Crippen LogP) is 14.0. The van der Waals surface area contributed by atoms with Crippen molar-refractivity contribution in [2.24, 2.45) is 0 Å². The molecule has 1 heterocycles. The molecule has 9 rings (SSSR count). The summed E-state index contributed by atoms with van der Waals surface area (Å²) in [5.74, 6) is 0. The molecule has 7 aromatic carbocycles. The molecule has 0 aliphatic heterocycles. The Hall–Kier alpha value is -6.64. The minimum atomic E-state index is -0.165. The quantitative estimate of drug-likeness (QED) is 0.145. The van der Waals surface area contributed by atoms with Crippen molar-refractivity contribution in [2.75, 3.05) is 4.90 Å². The van der Waals surface area contributed by atoms with Crippen molar-refractivity contribution in [3.8, 4) is 27.9 Å². The van der Waals surface area contributed by atoms with E-state index in [9.17, 15) is 0 Å². The van der Waals surface area contributed by atoms with Crippen LogP contribution in [0.5, 0.6) is 0 Å². The first-order valence-electron chi connectivity index (χ1n) is 18.3. The van der Waals surface area contributed by atoms with Crippen LogP contribution in [-0.2, 0) is 5.41 Å². The molecular formula is C51H40N2. The highest BCUT2D eigenvalue weighted by atomic mass is 15.1. The van der Waals surface area contributed by atoms with Crippen LogP contribution >= 0.6 is 0 Å². The highest BCUT2D eigenvalue weighted by molar-refractivity contribution is 6.09. The number of rotatable bonds is 8. The number of nitrogens with zero attached hydrogens (tertiary/aromatic N) is 2. The molecule has 1 aliphatic rings. The summed E-state index contributed by atoms with van der Waals surface area (Å²) in [6.07, 6.45) is 5.69. The third-order valence-corrected chi connectivity index (χ3v) is 10.9. The van der Waals surface area contributed by atoms with Gasteiger partial charge in [-0.15, -0.1) is 0 Å². The van der Waals surface area contributed by atoms with Gasteiger partial charge >= 0.3 is 0 Å². The molecule has 1 aliphatic carbocycles. The standard InChI is InChI=1S/C51H40N2/c1-5-14-35(6-2)36-23-29-39(30-24-36)52(49-22-13-18-45-42-15-7-10-19-46(42)51(3,4)50(45)49)40-31-25-37(26-32-40)38-27-33-41(34-28-38)53-47-20-11-8-16-43(47)44-17-9-12-21-48(44)53/h5-34H,1-2H2,3-4H3/b35-14+. The Morgan fingerprint density at radius 2 is 1.11 bits per heavy atom. The van der Waals surface area contributed by atoms with Gasteiger partial charge in [-0.1, -0.05) is 154 Å². The Bertz CT molecular complexity index is 2650. The highest BCUT2D eigenvalue weighted by Gasteiger charge is 2.38. The molecule has 0 fully saturated rings. The number of allylic oxidation sites excluding steroid dienone is 4. The zero-order valence-corrected chi connectivity index (χ0v) is 30.1. The van der Waals surface area contributed by atoms with Crippen LogP contribution in [0, 0.1) is 0 Å². The maximum atomic E-state index is 4.03. The lowest BCUT2D eigenvalue weighted by molar-refractivity contribution is 0.661. The summed E-state index contributed by atoms with van der Waals surface area (Å²) in [4.78, 5) is 2.41. The van der Waals surface area contributed by atoms with Crippen molar-refractivity contribution < 1.29 is 0 Å². The number of benzene rings is 7. The van der Waals surface area contributed by atoms with E-state index in [0.29, 0.717) is 0 Å². The molecule has 0 atom stereocenters. The van der Waals surface area contributed by atoms with Crippen LogP contribution in [0.25, 0.3) is 55.3 Å². The lowest BCUT2D eigenvalue weighted by Gasteiger charge is -2.32. The summed E-state index contributed by atoms with van der Waals surface area (Å²) >= 11 is 0. The molecule has 0 bridgehead atoms. The van der Waals surface area contributed by atoms with Gasteiger partial charge in [0.25, 0.3) is 0 Å². The van der Waals surface area contributed by atoms with Crippen LogP contribution in [0.4, 0.5) is 17.1 Å². The fourth-order valence-electron chi connectivity index (χ4n) is 8.45. The van der Waals surface area contributed by atoms with Crippen LogP contribution < -0.4 is 4.90 Å². The number of fused-ring (bicyclic) bond motifs is 6. The van der Waals surface area contributed by atoms with Crippen molar-refractivity contribution in [1.29, 1.82) is 0 Å². The minimum absolute atomic E-state index is 0.165. The Morgan fingerprint density at radius 1 is 0.566 bits per heavy atom. The molecule has 2 nitrogen and oxygen atoms in total. The highest BCUT2D eigenvalue weighted by Crippen LogP contribution is 2.54. The summed E-state index contributed by atoms with van der Waals surface area (Å²) in [5.41, 5.74) is 16.6. The van der Waals surface area contributed by atoms with Crippen LogP contribution in [0.3, 0.4) is 0 Å². The SMILES string of the molecule is C=C/C=C(\C=C)c1ccc(N(c2ccc(-c3ccc(-n4c5ccccc5c5ccccc54)cc3)cc2)c2cccc3c2C(C)(C)c2ccccc2-3)cc1. The van der Waals surface area contributed by atoms with Gasteiger partial charge < -0.3 is 9.47 Å². The van der Waals surface area contributed by atoms with Gasteiger partial charge in [0.2, 0.25) is 0 Å². The van der Waals surface area contributed by atoms with Gasteiger partial charge in [-0.05, 0) is 99.1 Å². The van der Waals surface area contributed by atoms with Crippen LogP contribution in [-0.4, -0.2) is 4.57 Å². The van der Waals surface area contributed by atoms with E-state index in [1.165, 1.54) is 60.9 Å². The second-order valence-electron chi connectivity index (χ2n) is 14.3. The normalized spacial score (nSPS) is 13.1. The molecule has 0 saturated carbocycles. The van der Waals surface area contributed by atoms with Gasteiger partial charge in [0.05, 0.1) is 16.7 Å². The van der Waals surface area contributed by atoms with Crippen molar-refractivity contribution in [1.82, 2.24) is 4.57 Å². The van der Waals surface area contributed by atoms with Crippen LogP contribution in [0.1, 0.15) is 30.5 Å². The van der Waals surface area contributed by atoms with Gasteiger partial charge in [0.15, 0.2) is 0 Å². The van der Waals surface area contributed by atoms with Crippen molar-refractivity contribution in [3.63, 3.8) is 0 Å². The topological polar surface area (TPSA) is 8.17 Å². The molecule has 254 valence electrons. The number of hydrogen-bond acceptors (Lipinski definition) is 1. The van der Waals surface area contributed by atoms with Crippen LogP contribution in [0.15, 0.2) is 195 Å². The summed E-state index contributed by atoms with van der Waals surface area (Å²) in [7, 11) is 0. The second kappa shape index (κ2) is 12.8. The van der Waals surface area contributed by atoms with E-state index < -0.39 is 0 Å². The Balaban J connectivity index is 1.12. The molecule has 0 amide bonds. The molecule has 8 aromatic rings. The molecule has 0 N–H and O–H groups in total. The Kier molecular flexibility index (Phi) is 7.82. The van der Waals surface area contributed by atoms with Crippen molar-refractivity contribution in [2.45, 2.75) is 19.3 Å². The monoisotopic (exact) mass is 680 g/mol. The third kappa shape index (κ3) is 5.26. The van der Waals surface area contributed by atoms with E-state index in [-0.39, 0.29) is 5.41 Å². The van der Waals surface area contributed by atoms with Gasteiger partial charge in [-0.25, -0.2) is 0 Å². The van der Waals surface area contributed by atoms with E-state index in [2.05, 4.69) is 200 Å². The summed E-state index contributed by atoms with van der Waals surface area (Å²) in [5, 5.41) is 2.54. The molecular weight excluding hydrogens is 641 g/mol. The van der Waals surface area contributed by atoms with E-state index >= 15 is 0 Å². The number of anilines is 3. The average molecular weight is 681 g/mol. The van der Waals surface area contributed by atoms with E-state index in [1.807, 2.05) is 18.2 Å². The van der Waals surface area contributed by atoms with E-state index in [1.54, 1.807) is 0 Å². The number of hydrogen-bond donors (Lipinski definition) is 0. The maximum absolute atomic E-state index is 4.03. The second-order valence-corrected chi connectivity index (χ2v) is 14.3. The molecule has 0 spiro atoms. The zero-order chi connectivity index (χ0) is 36.1.